The molecule has 114 valence electrons. The number of nitrogens with one attached hydrogen (secondary N) is 1. The van der Waals surface area contributed by atoms with E-state index in [1.165, 1.54) is 44.6 Å². The number of hydrogen-bond donors (Lipinski definition) is 1. The second-order valence-corrected chi connectivity index (χ2v) is 5.77. The number of halogens is 2. The molecule has 1 N–H and O–H groups in total. The third kappa shape index (κ3) is 5.80. The van der Waals surface area contributed by atoms with Crippen molar-refractivity contribution in [2.75, 3.05) is 7.05 Å². The van der Waals surface area contributed by atoms with Crippen molar-refractivity contribution in [2.24, 2.45) is 0 Å². The Hall–Kier alpha value is -0.600. The van der Waals surface area contributed by atoms with Gasteiger partial charge in [-0.25, -0.2) is 4.39 Å². The van der Waals surface area contributed by atoms with Gasteiger partial charge in [0.2, 0.25) is 0 Å². The van der Waals surface area contributed by atoms with Gasteiger partial charge in [-0.2, -0.15) is 0 Å². The van der Waals surface area contributed by atoms with Crippen molar-refractivity contribution < 1.29 is 4.39 Å². The van der Waals surface area contributed by atoms with E-state index < -0.39 is 0 Å². The smallest absolute Gasteiger partial charge is 0.142 e. The highest BCUT2D eigenvalue weighted by Gasteiger charge is 2.14. The molecule has 0 radical (unpaired) electrons. The molecule has 0 saturated carbocycles. The summed E-state index contributed by atoms with van der Waals surface area (Å²) in [6.07, 6.45) is 10.0. The monoisotopic (exact) mass is 299 g/mol. The van der Waals surface area contributed by atoms with Crippen LogP contribution in [0.25, 0.3) is 0 Å². The van der Waals surface area contributed by atoms with E-state index in [4.69, 9.17) is 11.6 Å². The molecule has 0 aliphatic carbocycles. The summed E-state index contributed by atoms with van der Waals surface area (Å²) in [5, 5.41) is 3.51. The molecule has 1 aromatic rings. The summed E-state index contributed by atoms with van der Waals surface area (Å²) in [5.41, 5.74) is 0.875. The standard InChI is InChI=1S/C17H27ClFN/c1-3-4-5-6-7-8-9-13-16(20-2)14-11-10-12-15(19)17(14)18/h10-12,16,20H,3-9,13H2,1-2H3. The zero-order chi connectivity index (χ0) is 14.8. The summed E-state index contributed by atoms with van der Waals surface area (Å²) in [4.78, 5) is 0. The minimum absolute atomic E-state index is 0.147. The van der Waals surface area contributed by atoms with Crippen molar-refractivity contribution in [3.05, 3.63) is 34.6 Å². The Balaban J connectivity index is 2.34. The Morgan fingerprint density at radius 3 is 2.40 bits per heavy atom. The van der Waals surface area contributed by atoms with E-state index in [1.807, 2.05) is 13.1 Å². The van der Waals surface area contributed by atoms with Crippen LogP contribution in [0, 0.1) is 5.82 Å². The molecule has 0 bridgehead atoms. The molecule has 0 aliphatic rings. The minimum Gasteiger partial charge on any atom is -0.313 e. The third-order valence-electron chi connectivity index (χ3n) is 3.80. The van der Waals surface area contributed by atoms with Gasteiger partial charge < -0.3 is 5.32 Å². The molecule has 0 fully saturated rings. The first-order chi connectivity index (χ1) is 9.70. The van der Waals surface area contributed by atoms with Gasteiger partial charge >= 0.3 is 0 Å². The van der Waals surface area contributed by atoms with E-state index in [0.29, 0.717) is 0 Å². The van der Waals surface area contributed by atoms with Crippen molar-refractivity contribution in [3.8, 4) is 0 Å². The van der Waals surface area contributed by atoms with Gasteiger partial charge in [0.15, 0.2) is 0 Å². The Morgan fingerprint density at radius 1 is 1.10 bits per heavy atom. The van der Waals surface area contributed by atoms with Crippen molar-refractivity contribution in [2.45, 2.75) is 64.3 Å². The normalized spacial score (nSPS) is 12.6. The Labute approximate surface area is 127 Å². The SMILES string of the molecule is CCCCCCCCCC(NC)c1cccc(F)c1Cl. The molecular weight excluding hydrogens is 273 g/mol. The highest BCUT2D eigenvalue weighted by atomic mass is 35.5. The van der Waals surface area contributed by atoms with Gasteiger partial charge in [0.1, 0.15) is 5.82 Å². The number of hydrogen-bond acceptors (Lipinski definition) is 1. The summed E-state index contributed by atoms with van der Waals surface area (Å²) in [7, 11) is 1.91. The number of benzene rings is 1. The maximum atomic E-state index is 13.5. The van der Waals surface area contributed by atoms with Crippen LogP contribution in [0.3, 0.4) is 0 Å². The molecule has 0 aliphatic heterocycles. The van der Waals surface area contributed by atoms with E-state index in [9.17, 15) is 4.39 Å². The van der Waals surface area contributed by atoms with Crippen LogP contribution in [0.2, 0.25) is 5.02 Å². The molecule has 1 aromatic carbocycles. The van der Waals surface area contributed by atoms with Crippen LogP contribution in [-0.2, 0) is 0 Å². The topological polar surface area (TPSA) is 12.0 Å². The fraction of sp³-hybridized carbons (Fsp3) is 0.647. The predicted octanol–water partition coefficient (Wildman–Crippen LogP) is 5.88. The molecule has 0 amide bonds. The molecule has 0 aromatic heterocycles. The van der Waals surface area contributed by atoms with Crippen LogP contribution in [-0.4, -0.2) is 7.05 Å². The van der Waals surface area contributed by atoms with E-state index in [0.717, 1.165) is 18.4 Å². The van der Waals surface area contributed by atoms with Crippen LogP contribution in [0.4, 0.5) is 4.39 Å². The van der Waals surface area contributed by atoms with E-state index >= 15 is 0 Å². The van der Waals surface area contributed by atoms with Gasteiger partial charge in [0.25, 0.3) is 0 Å². The molecule has 0 heterocycles. The highest BCUT2D eigenvalue weighted by molar-refractivity contribution is 6.31. The summed E-state index contributed by atoms with van der Waals surface area (Å²) in [6, 6.07) is 5.19. The number of rotatable bonds is 10. The first-order valence-corrected chi connectivity index (χ1v) is 8.19. The lowest BCUT2D eigenvalue weighted by Crippen LogP contribution is -2.17. The fourth-order valence-corrected chi connectivity index (χ4v) is 2.81. The average Bonchev–Trinajstić information content (AvgIpc) is 2.46. The summed E-state index contributed by atoms with van der Waals surface area (Å²) in [6.45, 7) is 2.24. The summed E-state index contributed by atoms with van der Waals surface area (Å²) in [5.74, 6) is -0.330. The largest absolute Gasteiger partial charge is 0.313 e. The summed E-state index contributed by atoms with van der Waals surface area (Å²) >= 11 is 6.05. The number of unbranched alkanes of at least 4 members (excludes halogenated alkanes) is 6. The quantitative estimate of drug-likeness (QED) is 0.532. The molecule has 3 heteroatoms. The summed E-state index contributed by atoms with van der Waals surface area (Å²) < 4.78 is 13.5. The maximum absolute atomic E-state index is 13.5. The lowest BCUT2D eigenvalue weighted by molar-refractivity contribution is 0.493. The molecule has 1 nitrogen and oxygen atoms in total. The Kier molecular flexibility index (Phi) is 8.88. The Bertz CT molecular complexity index is 381. The molecule has 0 saturated heterocycles. The van der Waals surface area contributed by atoms with E-state index in [1.54, 1.807) is 6.07 Å². The molecule has 0 spiro atoms. The van der Waals surface area contributed by atoms with Crippen LogP contribution >= 0.6 is 11.6 Å². The van der Waals surface area contributed by atoms with Crippen molar-refractivity contribution >= 4 is 11.6 Å². The van der Waals surface area contributed by atoms with Gasteiger partial charge in [-0.15, -0.1) is 0 Å². The molecule has 1 atom stereocenters. The predicted molar refractivity (Wildman–Crippen MR) is 85.8 cm³/mol. The highest BCUT2D eigenvalue weighted by Crippen LogP contribution is 2.28. The zero-order valence-electron chi connectivity index (χ0n) is 12.7. The van der Waals surface area contributed by atoms with E-state index in [-0.39, 0.29) is 16.9 Å². The van der Waals surface area contributed by atoms with Crippen LogP contribution < -0.4 is 5.32 Å². The van der Waals surface area contributed by atoms with Crippen LogP contribution in [0.1, 0.15) is 69.9 Å². The molecule has 20 heavy (non-hydrogen) atoms. The van der Waals surface area contributed by atoms with Crippen LogP contribution in [0.15, 0.2) is 18.2 Å². The van der Waals surface area contributed by atoms with Crippen molar-refractivity contribution in [1.29, 1.82) is 0 Å². The first-order valence-electron chi connectivity index (χ1n) is 7.81. The second-order valence-electron chi connectivity index (χ2n) is 5.39. The van der Waals surface area contributed by atoms with Gasteiger partial charge in [-0.3, -0.25) is 0 Å². The lowest BCUT2D eigenvalue weighted by atomic mass is 9.99. The fourth-order valence-electron chi connectivity index (χ4n) is 2.55. The molecule has 1 rings (SSSR count). The van der Waals surface area contributed by atoms with Gasteiger partial charge in [-0.05, 0) is 25.1 Å². The van der Waals surface area contributed by atoms with E-state index in [2.05, 4.69) is 12.2 Å². The van der Waals surface area contributed by atoms with Crippen molar-refractivity contribution in [1.82, 2.24) is 5.32 Å². The minimum atomic E-state index is -0.330. The average molecular weight is 300 g/mol. The zero-order valence-corrected chi connectivity index (χ0v) is 13.5. The van der Waals surface area contributed by atoms with Crippen molar-refractivity contribution in [3.63, 3.8) is 0 Å². The molecular formula is C17H27ClFN. The second kappa shape index (κ2) is 10.2. The lowest BCUT2D eigenvalue weighted by Gasteiger charge is -2.18. The third-order valence-corrected chi connectivity index (χ3v) is 4.20. The van der Waals surface area contributed by atoms with Gasteiger partial charge in [-0.1, -0.05) is 75.6 Å². The maximum Gasteiger partial charge on any atom is 0.142 e. The first kappa shape index (κ1) is 17.5. The van der Waals surface area contributed by atoms with Gasteiger partial charge in [0, 0.05) is 6.04 Å². The molecule has 1 unspecified atom stereocenters. The van der Waals surface area contributed by atoms with Crippen LogP contribution in [0.5, 0.6) is 0 Å². The Morgan fingerprint density at radius 2 is 1.75 bits per heavy atom. The van der Waals surface area contributed by atoms with Gasteiger partial charge in [0.05, 0.1) is 5.02 Å².